The van der Waals surface area contributed by atoms with Gasteiger partial charge in [-0.3, -0.25) is 9.59 Å². The molecule has 1 aliphatic rings. The average Bonchev–Trinajstić information content (AvgIpc) is 3.16. The van der Waals surface area contributed by atoms with Crippen LogP contribution in [0.3, 0.4) is 0 Å². The molecule has 1 N–H and O–H groups in total. The number of carbonyl (C=O) groups excluding carboxylic acids is 4. The minimum Gasteiger partial charge on any atom is -0.497 e. The number of benzene rings is 3. The van der Waals surface area contributed by atoms with Crippen molar-refractivity contribution in [2.45, 2.75) is 25.8 Å². The van der Waals surface area contributed by atoms with Crippen molar-refractivity contribution in [3.05, 3.63) is 88.9 Å². The summed E-state index contributed by atoms with van der Waals surface area (Å²) in [6.45, 7) is 2.20. The lowest BCUT2D eigenvalue weighted by molar-refractivity contribution is -0.124. The largest absolute Gasteiger partial charge is 0.497 e. The Hall–Kier alpha value is -4.37. The summed E-state index contributed by atoms with van der Waals surface area (Å²) in [7, 11) is 1.58. The monoisotopic (exact) mass is 549 g/mol. The SMILES string of the molecule is CCOC(=O)c1ccc(NC(=O)C[C@@H]2C(=O)N(c3ccc(Cl)cc3)C(=O)N2CCc2ccc(OC)cc2)cc1. The van der Waals surface area contributed by atoms with Crippen molar-refractivity contribution in [2.24, 2.45) is 0 Å². The second-order valence-electron chi connectivity index (χ2n) is 8.79. The van der Waals surface area contributed by atoms with E-state index >= 15 is 0 Å². The number of anilines is 2. The van der Waals surface area contributed by atoms with Gasteiger partial charge in [0, 0.05) is 17.3 Å². The average molecular weight is 550 g/mol. The van der Waals surface area contributed by atoms with Crippen LogP contribution in [0.4, 0.5) is 16.2 Å². The minimum absolute atomic E-state index is 0.229. The van der Waals surface area contributed by atoms with Gasteiger partial charge in [-0.25, -0.2) is 14.5 Å². The molecule has 0 radical (unpaired) electrons. The lowest BCUT2D eigenvalue weighted by Crippen LogP contribution is -2.39. The zero-order chi connectivity index (χ0) is 27.9. The van der Waals surface area contributed by atoms with Gasteiger partial charge in [0.25, 0.3) is 5.91 Å². The fourth-order valence-electron chi connectivity index (χ4n) is 4.25. The Bertz CT molecular complexity index is 1340. The van der Waals surface area contributed by atoms with Gasteiger partial charge in [0.2, 0.25) is 5.91 Å². The summed E-state index contributed by atoms with van der Waals surface area (Å²) >= 11 is 5.99. The topological polar surface area (TPSA) is 105 Å². The third-order valence-electron chi connectivity index (χ3n) is 6.26. The molecule has 0 spiro atoms. The zero-order valence-electron chi connectivity index (χ0n) is 21.6. The first kappa shape index (κ1) is 27.7. The normalized spacial score (nSPS) is 14.9. The Balaban J connectivity index is 1.50. The summed E-state index contributed by atoms with van der Waals surface area (Å²) in [5.74, 6) is -0.688. The summed E-state index contributed by atoms with van der Waals surface area (Å²) in [4.78, 5) is 54.2. The number of amides is 4. The third kappa shape index (κ3) is 6.56. The molecule has 1 fully saturated rings. The molecule has 10 heteroatoms. The smallest absolute Gasteiger partial charge is 0.338 e. The predicted molar refractivity (Wildman–Crippen MR) is 147 cm³/mol. The van der Waals surface area contributed by atoms with Gasteiger partial charge in [0.15, 0.2) is 0 Å². The van der Waals surface area contributed by atoms with E-state index in [-0.39, 0.29) is 19.6 Å². The molecular formula is C29H28ClN3O6. The summed E-state index contributed by atoms with van der Waals surface area (Å²) in [5, 5.41) is 3.21. The number of hydrogen-bond donors (Lipinski definition) is 1. The van der Waals surface area contributed by atoms with Gasteiger partial charge in [0.1, 0.15) is 11.8 Å². The summed E-state index contributed by atoms with van der Waals surface area (Å²) in [5.41, 5.74) is 2.13. The molecule has 0 saturated carbocycles. The maximum absolute atomic E-state index is 13.5. The number of carbonyl (C=O) groups is 4. The molecule has 1 aliphatic heterocycles. The van der Waals surface area contributed by atoms with E-state index in [0.29, 0.717) is 34.1 Å². The van der Waals surface area contributed by atoms with Gasteiger partial charge in [-0.1, -0.05) is 23.7 Å². The van der Waals surface area contributed by atoms with Gasteiger partial charge in [-0.15, -0.1) is 0 Å². The van der Waals surface area contributed by atoms with E-state index in [2.05, 4.69) is 5.32 Å². The Morgan fingerprint density at radius 3 is 2.23 bits per heavy atom. The van der Waals surface area contributed by atoms with E-state index in [1.165, 1.54) is 4.90 Å². The third-order valence-corrected chi connectivity index (χ3v) is 6.51. The number of hydrogen-bond acceptors (Lipinski definition) is 6. The maximum atomic E-state index is 13.5. The quantitative estimate of drug-likeness (QED) is 0.284. The number of urea groups is 1. The molecule has 4 amide bonds. The van der Waals surface area contributed by atoms with Crippen molar-refractivity contribution < 1.29 is 28.7 Å². The number of methoxy groups -OCH3 is 1. The standard InChI is InChI=1S/C29H28ClN3O6/c1-3-39-28(36)20-6-10-22(11-7-20)31-26(34)18-25-27(35)33(23-12-8-21(30)9-13-23)29(37)32(25)17-16-19-4-14-24(38-2)15-5-19/h4-15,25H,3,16-18H2,1-2H3,(H,31,34)/t25-/m1/s1. The lowest BCUT2D eigenvalue weighted by Gasteiger charge is -2.21. The molecule has 0 aliphatic carbocycles. The van der Waals surface area contributed by atoms with Crippen molar-refractivity contribution in [3.8, 4) is 5.75 Å². The molecule has 3 aromatic rings. The Morgan fingerprint density at radius 1 is 0.949 bits per heavy atom. The van der Waals surface area contributed by atoms with E-state index in [1.807, 2.05) is 24.3 Å². The highest BCUT2D eigenvalue weighted by Gasteiger charge is 2.46. The molecule has 1 saturated heterocycles. The summed E-state index contributed by atoms with van der Waals surface area (Å²) < 4.78 is 10.2. The minimum atomic E-state index is -0.995. The highest BCUT2D eigenvalue weighted by Crippen LogP contribution is 2.28. The van der Waals surface area contributed by atoms with Crippen molar-refractivity contribution in [3.63, 3.8) is 0 Å². The summed E-state index contributed by atoms with van der Waals surface area (Å²) in [6.07, 6.45) is 0.238. The first-order valence-electron chi connectivity index (χ1n) is 12.4. The second-order valence-corrected chi connectivity index (χ2v) is 9.23. The summed E-state index contributed by atoms with van der Waals surface area (Å²) in [6, 6.07) is 18.5. The number of halogens is 1. The molecule has 0 bridgehead atoms. The fraction of sp³-hybridized carbons (Fsp3) is 0.241. The molecule has 1 heterocycles. The van der Waals surface area contributed by atoms with Crippen LogP contribution < -0.4 is 15.0 Å². The van der Waals surface area contributed by atoms with E-state index in [9.17, 15) is 19.2 Å². The van der Waals surface area contributed by atoms with Crippen LogP contribution in [0.1, 0.15) is 29.3 Å². The fourth-order valence-corrected chi connectivity index (χ4v) is 4.37. The highest BCUT2D eigenvalue weighted by molar-refractivity contribution is 6.30. The first-order valence-corrected chi connectivity index (χ1v) is 12.8. The number of ether oxygens (including phenoxy) is 2. The van der Waals surface area contributed by atoms with E-state index < -0.39 is 29.9 Å². The van der Waals surface area contributed by atoms with Crippen molar-refractivity contribution in [1.82, 2.24) is 4.90 Å². The van der Waals surface area contributed by atoms with Crippen molar-refractivity contribution >= 4 is 46.8 Å². The van der Waals surface area contributed by atoms with Crippen LogP contribution in [0, 0.1) is 0 Å². The Labute approximate surface area is 231 Å². The van der Waals surface area contributed by atoms with Gasteiger partial charge in [-0.05, 0) is 79.6 Å². The molecule has 1 atom stereocenters. The predicted octanol–water partition coefficient (Wildman–Crippen LogP) is 4.93. The van der Waals surface area contributed by atoms with Crippen LogP contribution in [-0.2, 0) is 20.7 Å². The van der Waals surface area contributed by atoms with Gasteiger partial charge < -0.3 is 19.7 Å². The maximum Gasteiger partial charge on any atom is 0.338 e. The second kappa shape index (κ2) is 12.4. The number of rotatable bonds is 10. The van der Waals surface area contributed by atoms with E-state index in [0.717, 1.165) is 10.5 Å². The number of nitrogens with zero attached hydrogens (tertiary/aromatic N) is 2. The van der Waals surface area contributed by atoms with Crippen LogP contribution in [0.25, 0.3) is 0 Å². The number of nitrogens with one attached hydrogen (secondary N) is 1. The van der Waals surface area contributed by atoms with Gasteiger partial charge in [-0.2, -0.15) is 0 Å². The van der Waals surface area contributed by atoms with Crippen LogP contribution in [0.15, 0.2) is 72.8 Å². The van der Waals surface area contributed by atoms with Crippen LogP contribution in [0.2, 0.25) is 5.02 Å². The number of imide groups is 1. The van der Waals surface area contributed by atoms with E-state index in [1.54, 1.807) is 62.6 Å². The molecule has 39 heavy (non-hydrogen) atoms. The van der Waals surface area contributed by atoms with Crippen LogP contribution in [0.5, 0.6) is 5.75 Å². The lowest BCUT2D eigenvalue weighted by atomic mass is 10.1. The molecule has 0 aromatic heterocycles. The highest BCUT2D eigenvalue weighted by atomic mass is 35.5. The Morgan fingerprint density at radius 2 is 1.62 bits per heavy atom. The zero-order valence-corrected chi connectivity index (χ0v) is 22.3. The molecule has 3 aromatic carbocycles. The van der Waals surface area contributed by atoms with E-state index in [4.69, 9.17) is 21.1 Å². The first-order chi connectivity index (χ1) is 18.8. The molecule has 202 valence electrons. The van der Waals surface area contributed by atoms with Crippen LogP contribution in [-0.4, -0.2) is 55.0 Å². The van der Waals surface area contributed by atoms with Crippen molar-refractivity contribution in [2.75, 3.05) is 30.5 Å². The van der Waals surface area contributed by atoms with Gasteiger partial charge in [0.05, 0.1) is 31.4 Å². The molecule has 0 unspecified atom stereocenters. The Kier molecular flexibility index (Phi) is 8.83. The van der Waals surface area contributed by atoms with Crippen LogP contribution >= 0.6 is 11.6 Å². The number of esters is 1. The van der Waals surface area contributed by atoms with Crippen molar-refractivity contribution in [1.29, 1.82) is 0 Å². The van der Waals surface area contributed by atoms with Gasteiger partial charge >= 0.3 is 12.0 Å². The molecular weight excluding hydrogens is 522 g/mol. The molecule has 4 rings (SSSR count). The molecule has 9 nitrogen and oxygen atoms in total.